The van der Waals surface area contributed by atoms with Crippen molar-refractivity contribution in [1.82, 2.24) is 15.5 Å². The maximum Gasteiger partial charge on any atom is 0.317 e. The second-order valence-corrected chi connectivity index (χ2v) is 7.14. The second-order valence-electron chi connectivity index (χ2n) is 7.14. The predicted octanol–water partition coefficient (Wildman–Crippen LogP) is 2.35. The number of piperidine rings is 1. The lowest BCUT2D eigenvalue weighted by Crippen LogP contribution is -2.51. The van der Waals surface area contributed by atoms with Crippen LogP contribution >= 0.6 is 0 Å². The average molecular weight is 279 g/mol. The summed E-state index contributed by atoms with van der Waals surface area (Å²) in [6.07, 6.45) is 10.4. The van der Waals surface area contributed by atoms with Crippen molar-refractivity contribution in [1.29, 1.82) is 0 Å². The molecule has 2 saturated heterocycles. The fourth-order valence-electron chi connectivity index (χ4n) is 4.26. The van der Waals surface area contributed by atoms with Gasteiger partial charge in [-0.15, -0.1) is 0 Å². The Labute approximate surface area is 122 Å². The molecule has 2 N–H and O–H groups in total. The van der Waals surface area contributed by atoms with Crippen LogP contribution in [-0.4, -0.2) is 43.7 Å². The van der Waals surface area contributed by atoms with E-state index in [2.05, 4.69) is 15.5 Å². The molecule has 0 aromatic heterocycles. The van der Waals surface area contributed by atoms with Crippen molar-refractivity contribution in [3.8, 4) is 0 Å². The quantitative estimate of drug-likeness (QED) is 0.815. The van der Waals surface area contributed by atoms with Crippen LogP contribution in [-0.2, 0) is 0 Å². The van der Waals surface area contributed by atoms with Crippen LogP contribution in [0.3, 0.4) is 0 Å². The van der Waals surface area contributed by atoms with Crippen molar-refractivity contribution in [2.75, 3.05) is 32.7 Å². The molecule has 3 aliphatic rings. The summed E-state index contributed by atoms with van der Waals surface area (Å²) >= 11 is 0. The Balaban J connectivity index is 1.46. The summed E-state index contributed by atoms with van der Waals surface area (Å²) in [5.41, 5.74) is 0.375. The number of amides is 2. The monoisotopic (exact) mass is 279 g/mol. The van der Waals surface area contributed by atoms with Gasteiger partial charge in [0, 0.05) is 31.6 Å². The fourth-order valence-corrected chi connectivity index (χ4v) is 4.26. The Kier molecular flexibility index (Phi) is 4.49. The SMILES string of the molecule is O=C(NCC1CCCCC1)N1CCC[C@]2(CCNC2)C1. The molecule has 4 nitrogen and oxygen atoms in total. The fraction of sp³-hybridized carbons (Fsp3) is 0.938. The van der Waals surface area contributed by atoms with Crippen LogP contribution in [0.5, 0.6) is 0 Å². The van der Waals surface area contributed by atoms with Gasteiger partial charge in [0.25, 0.3) is 0 Å². The van der Waals surface area contributed by atoms with E-state index in [1.807, 2.05) is 0 Å². The van der Waals surface area contributed by atoms with Crippen LogP contribution in [0.15, 0.2) is 0 Å². The number of carbonyl (C=O) groups is 1. The van der Waals surface area contributed by atoms with Crippen LogP contribution in [0.1, 0.15) is 51.4 Å². The summed E-state index contributed by atoms with van der Waals surface area (Å²) in [4.78, 5) is 14.4. The number of nitrogens with one attached hydrogen (secondary N) is 2. The Hall–Kier alpha value is -0.770. The molecule has 0 radical (unpaired) electrons. The van der Waals surface area contributed by atoms with Gasteiger partial charge >= 0.3 is 6.03 Å². The van der Waals surface area contributed by atoms with Gasteiger partial charge in [-0.1, -0.05) is 19.3 Å². The first-order valence-corrected chi connectivity index (χ1v) is 8.51. The molecule has 4 heteroatoms. The minimum absolute atomic E-state index is 0.182. The van der Waals surface area contributed by atoms with Crippen LogP contribution in [0.25, 0.3) is 0 Å². The van der Waals surface area contributed by atoms with Crippen LogP contribution in [0.2, 0.25) is 0 Å². The smallest absolute Gasteiger partial charge is 0.317 e. The summed E-state index contributed by atoms with van der Waals surface area (Å²) in [6.45, 7) is 5.01. The molecule has 3 fully saturated rings. The number of hydrogen-bond acceptors (Lipinski definition) is 2. The Morgan fingerprint density at radius 1 is 1.20 bits per heavy atom. The Morgan fingerprint density at radius 2 is 2.05 bits per heavy atom. The molecule has 0 aromatic carbocycles. The van der Waals surface area contributed by atoms with Crippen LogP contribution < -0.4 is 10.6 Å². The summed E-state index contributed by atoms with van der Waals surface area (Å²) < 4.78 is 0. The lowest BCUT2D eigenvalue weighted by molar-refractivity contribution is 0.117. The highest BCUT2D eigenvalue weighted by molar-refractivity contribution is 5.74. The summed E-state index contributed by atoms with van der Waals surface area (Å²) in [7, 11) is 0. The molecular weight excluding hydrogens is 250 g/mol. The number of likely N-dealkylation sites (tertiary alicyclic amines) is 1. The molecule has 20 heavy (non-hydrogen) atoms. The second kappa shape index (κ2) is 6.33. The van der Waals surface area contributed by atoms with Crippen molar-refractivity contribution in [2.24, 2.45) is 11.3 Å². The number of hydrogen-bond donors (Lipinski definition) is 2. The first-order valence-electron chi connectivity index (χ1n) is 8.51. The molecule has 3 rings (SSSR count). The molecule has 114 valence electrons. The van der Waals surface area contributed by atoms with Gasteiger partial charge in [0.2, 0.25) is 0 Å². The van der Waals surface area contributed by atoms with Gasteiger partial charge < -0.3 is 15.5 Å². The summed E-state index contributed by atoms with van der Waals surface area (Å²) in [5, 5.41) is 6.66. The van der Waals surface area contributed by atoms with E-state index < -0.39 is 0 Å². The highest BCUT2D eigenvalue weighted by Crippen LogP contribution is 2.35. The molecule has 0 unspecified atom stereocenters. The van der Waals surface area contributed by atoms with Crippen molar-refractivity contribution in [3.63, 3.8) is 0 Å². The van der Waals surface area contributed by atoms with E-state index >= 15 is 0 Å². The van der Waals surface area contributed by atoms with E-state index in [9.17, 15) is 4.79 Å². The van der Waals surface area contributed by atoms with Crippen molar-refractivity contribution in [2.45, 2.75) is 51.4 Å². The minimum atomic E-state index is 0.182. The first-order chi connectivity index (χ1) is 9.77. The van der Waals surface area contributed by atoms with Gasteiger partial charge in [0.1, 0.15) is 0 Å². The van der Waals surface area contributed by atoms with E-state index in [0.29, 0.717) is 5.41 Å². The zero-order chi connectivity index (χ0) is 13.8. The number of rotatable bonds is 2. The molecule has 1 saturated carbocycles. The molecule has 2 heterocycles. The Morgan fingerprint density at radius 3 is 2.80 bits per heavy atom. The van der Waals surface area contributed by atoms with Crippen LogP contribution in [0.4, 0.5) is 4.79 Å². The van der Waals surface area contributed by atoms with Gasteiger partial charge in [-0.05, 0) is 44.6 Å². The third-order valence-corrected chi connectivity index (χ3v) is 5.55. The van der Waals surface area contributed by atoms with Crippen molar-refractivity contribution in [3.05, 3.63) is 0 Å². The molecular formula is C16H29N3O. The molecule has 1 spiro atoms. The number of nitrogens with zero attached hydrogens (tertiary/aromatic N) is 1. The summed E-state index contributed by atoms with van der Waals surface area (Å²) in [5.74, 6) is 0.722. The largest absolute Gasteiger partial charge is 0.338 e. The van der Waals surface area contributed by atoms with Crippen molar-refractivity contribution < 1.29 is 4.79 Å². The molecule has 2 aliphatic heterocycles. The van der Waals surface area contributed by atoms with Gasteiger partial charge in [-0.25, -0.2) is 4.79 Å². The molecule has 2 amide bonds. The first kappa shape index (κ1) is 14.2. The van der Waals surface area contributed by atoms with Gasteiger partial charge in [0.15, 0.2) is 0 Å². The number of urea groups is 1. The van der Waals surface area contributed by atoms with Gasteiger partial charge in [0.05, 0.1) is 0 Å². The van der Waals surface area contributed by atoms with Crippen molar-refractivity contribution >= 4 is 6.03 Å². The standard InChI is InChI=1S/C16H29N3O/c20-15(18-11-14-5-2-1-3-6-14)19-10-4-7-16(13-19)8-9-17-12-16/h14,17H,1-13H2,(H,18,20)/t16-/m1/s1. The topological polar surface area (TPSA) is 44.4 Å². The van der Waals surface area contributed by atoms with Gasteiger partial charge in [-0.3, -0.25) is 0 Å². The third kappa shape index (κ3) is 3.27. The molecule has 0 aromatic rings. The Bertz CT molecular complexity index is 333. The van der Waals surface area contributed by atoms with Crippen LogP contribution in [0, 0.1) is 11.3 Å². The van der Waals surface area contributed by atoms with Gasteiger partial charge in [-0.2, -0.15) is 0 Å². The van der Waals surface area contributed by atoms with E-state index in [0.717, 1.165) is 38.6 Å². The van der Waals surface area contributed by atoms with E-state index in [1.54, 1.807) is 0 Å². The zero-order valence-corrected chi connectivity index (χ0v) is 12.6. The third-order valence-electron chi connectivity index (χ3n) is 5.55. The average Bonchev–Trinajstić information content (AvgIpc) is 2.93. The maximum absolute atomic E-state index is 12.4. The highest BCUT2D eigenvalue weighted by Gasteiger charge is 2.39. The highest BCUT2D eigenvalue weighted by atomic mass is 16.2. The minimum Gasteiger partial charge on any atom is -0.338 e. The van der Waals surface area contributed by atoms with E-state index in [1.165, 1.54) is 51.4 Å². The lowest BCUT2D eigenvalue weighted by atomic mass is 9.79. The molecule has 0 bridgehead atoms. The normalized spacial score (nSPS) is 31.7. The number of carbonyl (C=O) groups excluding carboxylic acids is 1. The predicted molar refractivity (Wildman–Crippen MR) is 80.7 cm³/mol. The lowest BCUT2D eigenvalue weighted by Gasteiger charge is -2.40. The molecule has 1 atom stereocenters. The maximum atomic E-state index is 12.4. The zero-order valence-electron chi connectivity index (χ0n) is 12.6. The van der Waals surface area contributed by atoms with E-state index in [-0.39, 0.29) is 6.03 Å². The summed E-state index contributed by atoms with van der Waals surface area (Å²) in [6, 6.07) is 0.182. The molecule has 1 aliphatic carbocycles. The van der Waals surface area contributed by atoms with E-state index in [4.69, 9.17) is 0 Å².